The number of primary amides is 1. The predicted octanol–water partition coefficient (Wildman–Crippen LogP) is 3.23. The molecule has 1 aliphatic carbocycles. The van der Waals surface area contributed by atoms with E-state index in [0.29, 0.717) is 12.2 Å². The van der Waals surface area contributed by atoms with Crippen LogP contribution in [0.4, 0.5) is 0 Å². The summed E-state index contributed by atoms with van der Waals surface area (Å²) >= 11 is 0. The Balaban J connectivity index is 0.000000320. The van der Waals surface area contributed by atoms with E-state index < -0.39 is 12.6 Å². The van der Waals surface area contributed by atoms with Gasteiger partial charge in [-0.3, -0.25) is 4.79 Å². The number of nitrogens with two attached hydrogens (primary N) is 1. The van der Waals surface area contributed by atoms with E-state index in [2.05, 4.69) is 0 Å². The van der Waals surface area contributed by atoms with Crippen LogP contribution < -0.4 is 10.5 Å². The molecule has 6 nitrogen and oxygen atoms in total. The van der Waals surface area contributed by atoms with Crippen LogP contribution in [0.3, 0.4) is 0 Å². The third-order valence-corrected chi connectivity index (χ3v) is 4.97. The van der Waals surface area contributed by atoms with Crippen LogP contribution in [0.15, 0.2) is 54.6 Å². The van der Waals surface area contributed by atoms with E-state index in [1.165, 1.54) is 0 Å². The van der Waals surface area contributed by atoms with Crippen molar-refractivity contribution in [2.24, 2.45) is 12.8 Å². The number of carbonyl (C=O) groups is 2. The van der Waals surface area contributed by atoms with Crippen LogP contribution in [0.1, 0.15) is 30.0 Å². The average Bonchev–Trinajstić information content (AvgIpc) is 3.01. The molecule has 28 heavy (non-hydrogen) atoms. The van der Waals surface area contributed by atoms with Gasteiger partial charge in [-0.1, -0.05) is 42.5 Å². The first-order valence-corrected chi connectivity index (χ1v) is 9.24. The molecule has 1 amide bonds. The van der Waals surface area contributed by atoms with E-state index >= 15 is 0 Å². The van der Waals surface area contributed by atoms with E-state index in [4.69, 9.17) is 15.6 Å². The summed E-state index contributed by atoms with van der Waals surface area (Å²) in [5.41, 5.74) is 8.48. The first kappa shape index (κ1) is 19.5. The van der Waals surface area contributed by atoms with Crippen molar-refractivity contribution in [3.63, 3.8) is 0 Å². The minimum Gasteiger partial charge on any atom is -0.481 e. The Morgan fingerprint density at radius 3 is 2.36 bits per heavy atom. The normalized spacial score (nSPS) is 15.2. The highest BCUT2D eigenvalue weighted by Gasteiger charge is 2.31. The van der Waals surface area contributed by atoms with Crippen molar-refractivity contribution in [2.45, 2.75) is 25.2 Å². The van der Waals surface area contributed by atoms with Gasteiger partial charge in [0.25, 0.3) is 0 Å². The van der Waals surface area contributed by atoms with Crippen LogP contribution in [0.5, 0.6) is 5.75 Å². The number of carboxylic acids is 1. The fourth-order valence-electron chi connectivity index (χ4n) is 3.77. The second-order valence-corrected chi connectivity index (χ2v) is 6.75. The average molecular weight is 380 g/mol. The van der Waals surface area contributed by atoms with Gasteiger partial charge in [0.1, 0.15) is 5.75 Å². The molecule has 2 aromatic carbocycles. The monoisotopic (exact) mass is 380 g/mol. The topological polar surface area (TPSA) is 94.6 Å². The number of rotatable bonds is 4. The van der Waals surface area contributed by atoms with E-state index in [1.54, 1.807) is 6.07 Å². The largest absolute Gasteiger partial charge is 0.481 e. The number of nitrogens with zero attached hydrogens (tertiary/aromatic N) is 1. The van der Waals surface area contributed by atoms with Crippen LogP contribution in [0.2, 0.25) is 0 Å². The van der Waals surface area contributed by atoms with Crippen molar-refractivity contribution >= 4 is 22.8 Å². The molecule has 0 saturated carbocycles. The third kappa shape index (κ3) is 4.01. The quantitative estimate of drug-likeness (QED) is 0.726. The minimum absolute atomic E-state index is 0.345. The first-order chi connectivity index (χ1) is 13.5. The van der Waals surface area contributed by atoms with Crippen molar-refractivity contribution in [3.8, 4) is 5.75 Å². The number of hydrogen-bond acceptors (Lipinski definition) is 3. The summed E-state index contributed by atoms with van der Waals surface area (Å²) in [5, 5.41) is 9.64. The van der Waals surface area contributed by atoms with Crippen molar-refractivity contribution in [3.05, 3.63) is 65.9 Å². The maximum atomic E-state index is 11.8. The van der Waals surface area contributed by atoms with E-state index in [0.717, 1.165) is 35.0 Å². The van der Waals surface area contributed by atoms with Gasteiger partial charge in [0.2, 0.25) is 5.91 Å². The number of aromatic nitrogens is 1. The van der Waals surface area contributed by atoms with E-state index in [-0.39, 0.29) is 11.8 Å². The maximum absolute atomic E-state index is 11.8. The molecule has 6 heteroatoms. The number of hydrogen-bond donors (Lipinski definition) is 2. The van der Waals surface area contributed by atoms with Gasteiger partial charge in [-0.15, -0.1) is 0 Å². The van der Waals surface area contributed by atoms with Crippen LogP contribution >= 0.6 is 0 Å². The molecule has 3 N–H and O–H groups in total. The van der Waals surface area contributed by atoms with E-state index in [1.807, 2.05) is 60.1 Å². The minimum atomic E-state index is -1.03. The Labute approximate surface area is 163 Å². The summed E-state index contributed by atoms with van der Waals surface area (Å²) in [6, 6.07) is 17.5. The van der Waals surface area contributed by atoms with Gasteiger partial charge < -0.3 is 20.1 Å². The maximum Gasteiger partial charge on any atom is 0.341 e. The number of ether oxygens (including phenoxy) is 1. The highest BCUT2D eigenvalue weighted by molar-refractivity contribution is 5.97. The number of amides is 1. The van der Waals surface area contributed by atoms with E-state index in [9.17, 15) is 9.59 Å². The zero-order valence-corrected chi connectivity index (χ0v) is 15.8. The highest BCUT2D eigenvalue weighted by Crippen LogP contribution is 2.42. The Morgan fingerprint density at radius 2 is 1.79 bits per heavy atom. The Kier molecular flexibility index (Phi) is 5.99. The van der Waals surface area contributed by atoms with Gasteiger partial charge in [-0.25, -0.2) is 4.79 Å². The molecule has 0 bridgehead atoms. The van der Waals surface area contributed by atoms with Gasteiger partial charge in [-0.2, -0.15) is 0 Å². The molecule has 1 heterocycles. The number of aryl methyl sites for hydroxylation is 1. The molecule has 0 radical (unpaired) electrons. The lowest BCUT2D eigenvalue weighted by Gasteiger charge is -2.21. The van der Waals surface area contributed by atoms with Crippen LogP contribution in [-0.2, 0) is 23.1 Å². The lowest BCUT2D eigenvalue weighted by molar-refractivity contribution is -0.139. The third-order valence-electron chi connectivity index (χ3n) is 4.97. The number of aliphatic carboxylic acids is 1. The molecule has 0 fully saturated rings. The highest BCUT2D eigenvalue weighted by atomic mass is 16.5. The standard InChI is InChI=1S/C16H18N2O4.C6H6/c1-18-10-5-2-4-9(16(17)21)14(10)15-11(18)6-3-7-12(15)22-8-13(19)20;1-2-4-6-5-3-1/h3,6-7,9H,2,4-5,8H2,1H3,(H2,17,21)(H,19,20);1-6H. The number of carboxylic acid groups (broad SMARTS) is 1. The molecule has 146 valence electrons. The van der Waals surface area contributed by atoms with Gasteiger partial charge in [0.05, 0.1) is 11.4 Å². The van der Waals surface area contributed by atoms with Crippen molar-refractivity contribution in [2.75, 3.05) is 6.61 Å². The van der Waals surface area contributed by atoms with Crippen LogP contribution in [-0.4, -0.2) is 28.2 Å². The number of carbonyl (C=O) groups excluding carboxylic acids is 1. The molecule has 3 aromatic rings. The zero-order valence-electron chi connectivity index (χ0n) is 15.8. The molecule has 4 rings (SSSR count). The van der Waals surface area contributed by atoms with Crippen LogP contribution in [0, 0.1) is 0 Å². The molecular weight excluding hydrogens is 356 g/mol. The van der Waals surface area contributed by atoms with Gasteiger partial charge in [-0.05, 0) is 37.0 Å². The van der Waals surface area contributed by atoms with Crippen LogP contribution in [0.25, 0.3) is 10.9 Å². The molecule has 1 atom stereocenters. The SMILES string of the molecule is Cn1c2c(c3c(OCC(=O)O)cccc31)C(C(N)=O)CCC2.c1ccccc1. The molecule has 1 aromatic heterocycles. The smallest absolute Gasteiger partial charge is 0.341 e. The first-order valence-electron chi connectivity index (χ1n) is 9.24. The molecule has 1 aliphatic rings. The Bertz CT molecular complexity index is 952. The lowest BCUT2D eigenvalue weighted by atomic mass is 9.84. The fraction of sp³-hybridized carbons (Fsp3) is 0.273. The summed E-state index contributed by atoms with van der Waals surface area (Å²) in [7, 11) is 1.95. The molecule has 1 unspecified atom stereocenters. The van der Waals surface area contributed by atoms with Gasteiger partial charge >= 0.3 is 5.97 Å². The van der Waals surface area contributed by atoms with Crippen molar-refractivity contribution < 1.29 is 19.4 Å². The lowest BCUT2D eigenvalue weighted by Crippen LogP contribution is -2.25. The molecule has 0 saturated heterocycles. The summed E-state index contributed by atoms with van der Waals surface area (Å²) in [4.78, 5) is 22.6. The number of fused-ring (bicyclic) bond motifs is 3. The molecule has 0 aliphatic heterocycles. The second kappa shape index (κ2) is 8.61. The van der Waals surface area contributed by atoms with Gasteiger partial charge in [0, 0.05) is 18.1 Å². The van der Waals surface area contributed by atoms with Crippen molar-refractivity contribution in [1.82, 2.24) is 4.57 Å². The Hall–Kier alpha value is -3.28. The fourth-order valence-corrected chi connectivity index (χ4v) is 3.77. The van der Waals surface area contributed by atoms with Gasteiger partial charge in [0.15, 0.2) is 6.61 Å². The summed E-state index contributed by atoms with van der Waals surface area (Å²) in [5.74, 6) is -1.23. The zero-order chi connectivity index (χ0) is 20.1. The summed E-state index contributed by atoms with van der Waals surface area (Å²) < 4.78 is 7.47. The molecular formula is C22H24N2O4. The Morgan fingerprint density at radius 1 is 1.14 bits per heavy atom. The molecule has 0 spiro atoms. The number of benzene rings is 2. The second-order valence-electron chi connectivity index (χ2n) is 6.75. The van der Waals surface area contributed by atoms with Crippen molar-refractivity contribution in [1.29, 1.82) is 0 Å². The summed E-state index contributed by atoms with van der Waals surface area (Å²) in [6.07, 6.45) is 2.51. The predicted molar refractivity (Wildman–Crippen MR) is 107 cm³/mol. The summed E-state index contributed by atoms with van der Waals surface area (Å²) in [6.45, 7) is -0.413.